The van der Waals surface area contributed by atoms with E-state index in [9.17, 15) is 0 Å². The van der Waals surface area contributed by atoms with Gasteiger partial charge in [0.2, 0.25) is 0 Å². The number of nitrogens with one attached hydrogen (secondary N) is 1. The molecule has 0 spiro atoms. The van der Waals surface area contributed by atoms with E-state index in [4.69, 9.17) is 9.47 Å². The summed E-state index contributed by atoms with van der Waals surface area (Å²) in [5.74, 6) is 1.19. The number of halogens is 1. The Bertz CT molecular complexity index is 823. The van der Waals surface area contributed by atoms with E-state index in [1.165, 1.54) is 4.68 Å². The summed E-state index contributed by atoms with van der Waals surface area (Å²) in [7, 11) is 1.61. The van der Waals surface area contributed by atoms with Crippen molar-refractivity contribution in [2.45, 2.75) is 26.4 Å². The van der Waals surface area contributed by atoms with Crippen LogP contribution in [0.3, 0.4) is 0 Å². The minimum atomic E-state index is 0. The van der Waals surface area contributed by atoms with Crippen LogP contribution in [0.2, 0.25) is 0 Å². The largest absolute Gasteiger partial charge is 0.493 e. The van der Waals surface area contributed by atoms with Crippen LogP contribution < -0.4 is 14.8 Å². The molecular formula is C18H22ClN5O2. The third kappa shape index (κ3) is 4.71. The predicted octanol–water partition coefficient (Wildman–Crippen LogP) is 3.38. The Kier molecular flexibility index (Phi) is 6.94. The van der Waals surface area contributed by atoms with E-state index in [0.717, 1.165) is 17.8 Å². The van der Waals surface area contributed by atoms with Crippen LogP contribution in [-0.2, 0) is 6.54 Å². The Labute approximate surface area is 158 Å². The molecule has 0 atom stereocenters. The van der Waals surface area contributed by atoms with Gasteiger partial charge in [-0.1, -0.05) is 43.2 Å². The lowest BCUT2D eigenvalue weighted by Crippen LogP contribution is -2.21. The van der Waals surface area contributed by atoms with Crippen LogP contribution in [0.15, 0.2) is 48.5 Å². The molecule has 26 heavy (non-hydrogen) atoms. The number of ether oxygens (including phenoxy) is 2. The molecule has 0 saturated heterocycles. The fraction of sp³-hybridized carbons (Fsp3) is 0.278. The Morgan fingerprint density at radius 2 is 1.85 bits per heavy atom. The van der Waals surface area contributed by atoms with Gasteiger partial charge in [0.1, 0.15) is 0 Å². The molecule has 0 aliphatic carbocycles. The van der Waals surface area contributed by atoms with Gasteiger partial charge in [0, 0.05) is 12.6 Å². The van der Waals surface area contributed by atoms with Crippen molar-refractivity contribution in [3.8, 4) is 23.2 Å². The Morgan fingerprint density at radius 1 is 1.08 bits per heavy atom. The van der Waals surface area contributed by atoms with Crippen LogP contribution in [-0.4, -0.2) is 33.4 Å². The summed E-state index contributed by atoms with van der Waals surface area (Å²) < 4.78 is 12.9. The van der Waals surface area contributed by atoms with E-state index < -0.39 is 0 Å². The standard InChI is InChI=1S/C18H21N5O2.ClH/c1-13(2)19-12-14-9-10-16(17(11-14)24-3)25-18-20-21-22-23(18)15-7-5-4-6-8-15;/h4-11,13,19H,12H2,1-3H3;1H. The van der Waals surface area contributed by atoms with Crippen molar-refractivity contribution < 1.29 is 9.47 Å². The normalized spacial score (nSPS) is 10.5. The molecule has 0 saturated carbocycles. The van der Waals surface area contributed by atoms with E-state index >= 15 is 0 Å². The fourth-order valence-electron chi connectivity index (χ4n) is 2.30. The Morgan fingerprint density at radius 3 is 2.54 bits per heavy atom. The SMILES string of the molecule is COc1cc(CNC(C)C)ccc1Oc1nnnn1-c1ccccc1.Cl. The first kappa shape index (κ1) is 19.7. The number of benzene rings is 2. The smallest absolute Gasteiger partial charge is 0.346 e. The maximum atomic E-state index is 5.89. The quantitative estimate of drug-likeness (QED) is 0.682. The highest BCUT2D eigenvalue weighted by Crippen LogP contribution is 2.32. The minimum Gasteiger partial charge on any atom is -0.493 e. The van der Waals surface area contributed by atoms with Crippen molar-refractivity contribution in [1.82, 2.24) is 25.5 Å². The summed E-state index contributed by atoms with van der Waals surface area (Å²) >= 11 is 0. The van der Waals surface area contributed by atoms with Crippen molar-refractivity contribution >= 4 is 12.4 Å². The van der Waals surface area contributed by atoms with Crippen molar-refractivity contribution in [2.75, 3.05) is 7.11 Å². The lowest BCUT2D eigenvalue weighted by molar-refractivity contribution is 0.362. The number of hydrogen-bond donors (Lipinski definition) is 1. The van der Waals surface area contributed by atoms with Crippen LogP contribution >= 0.6 is 12.4 Å². The number of tetrazole rings is 1. The maximum absolute atomic E-state index is 5.89. The molecule has 0 amide bonds. The highest BCUT2D eigenvalue weighted by Gasteiger charge is 2.14. The molecule has 0 fully saturated rings. The zero-order chi connectivity index (χ0) is 17.6. The number of hydrogen-bond acceptors (Lipinski definition) is 6. The average Bonchev–Trinajstić information content (AvgIpc) is 3.09. The van der Waals surface area contributed by atoms with Crippen LogP contribution in [0.25, 0.3) is 5.69 Å². The minimum absolute atomic E-state index is 0. The molecule has 0 radical (unpaired) electrons. The Hall–Kier alpha value is -2.64. The van der Waals surface area contributed by atoms with Gasteiger partial charge in [-0.15, -0.1) is 12.4 Å². The van der Waals surface area contributed by atoms with Gasteiger partial charge in [0.05, 0.1) is 12.8 Å². The van der Waals surface area contributed by atoms with E-state index in [0.29, 0.717) is 17.5 Å². The van der Waals surface area contributed by atoms with Gasteiger partial charge in [-0.2, -0.15) is 4.68 Å². The van der Waals surface area contributed by atoms with E-state index in [1.54, 1.807) is 7.11 Å². The average molecular weight is 376 g/mol. The van der Waals surface area contributed by atoms with Gasteiger partial charge >= 0.3 is 6.01 Å². The van der Waals surface area contributed by atoms with Gasteiger partial charge in [-0.05, 0) is 40.3 Å². The molecule has 3 rings (SSSR count). The highest BCUT2D eigenvalue weighted by molar-refractivity contribution is 5.85. The number of aromatic nitrogens is 4. The van der Waals surface area contributed by atoms with Gasteiger partial charge in [0.25, 0.3) is 0 Å². The number of rotatable bonds is 7. The predicted molar refractivity (Wildman–Crippen MR) is 101 cm³/mol. The molecule has 3 aromatic rings. The van der Waals surface area contributed by atoms with Crippen LogP contribution in [0.5, 0.6) is 17.5 Å². The second-order valence-electron chi connectivity index (χ2n) is 5.83. The highest BCUT2D eigenvalue weighted by atomic mass is 35.5. The van der Waals surface area contributed by atoms with E-state index in [2.05, 4.69) is 34.7 Å². The summed E-state index contributed by atoms with van der Waals surface area (Å²) in [6.07, 6.45) is 0. The molecule has 7 nitrogen and oxygen atoms in total. The second kappa shape index (κ2) is 9.17. The van der Waals surface area contributed by atoms with Gasteiger partial charge in [-0.25, -0.2) is 0 Å². The van der Waals surface area contributed by atoms with Gasteiger partial charge in [-0.3, -0.25) is 0 Å². The maximum Gasteiger partial charge on any atom is 0.346 e. The second-order valence-corrected chi connectivity index (χ2v) is 5.83. The summed E-state index contributed by atoms with van der Waals surface area (Å²) in [5, 5.41) is 15.0. The van der Waals surface area contributed by atoms with E-state index in [-0.39, 0.29) is 18.4 Å². The monoisotopic (exact) mass is 375 g/mol. The van der Waals surface area contributed by atoms with Crippen molar-refractivity contribution in [3.63, 3.8) is 0 Å². The van der Waals surface area contributed by atoms with Crippen molar-refractivity contribution in [2.24, 2.45) is 0 Å². The molecule has 1 aromatic heterocycles. The molecular weight excluding hydrogens is 354 g/mol. The Balaban J connectivity index is 0.00000243. The van der Waals surface area contributed by atoms with Crippen LogP contribution in [0.1, 0.15) is 19.4 Å². The number of para-hydroxylation sites is 1. The first-order chi connectivity index (χ1) is 12.2. The summed E-state index contributed by atoms with van der Waals surface area (Å²) in [4.78, 5) is 0. The van der Waals surface area contributed by atoms with Crippen molar-refractivity contribution in [1.29, 1.82) is 0 Å². The molecule has 0 aliphatic rings. The number of methoxy groups -OCH3 is 1. The van der Waals surface area contributed by atoms with Gasteiger partial charge < -0.3 is 14.8 Å². The summed E-state index contributed by atoms with van der Waals surface area (Å²) in [6.45, 7) is 4.98. The molecule has 1 N–H and O–H groups in total. The third-order valence-corrected chi connectivity index (χ3v) is 3.59. The zero-order valence-corrected chi connectivity index (χ0v) is 15.7. The molecule has 2 aromatic carbocycles. The fourth-order valence-corrected chi connectivity index (χ4v) is 2.30. The molecule has 0 bridgehead atoms. The lowest BCUT2D eigenvalue weighted by Gasteiger charge is -2.13. The first-order valence-corrected chi connectivity index (χ1v) is 8.09. The molecule has 0 unspecified atom stereocenters. The van der Waals surface area contributed by atoms with Crippen molar-refractivity contribution in [3.05, 3.63) is 54.1 Å². The molecule has 8 heteroatoms. The first-order valence-electron chi connectivity index (χ1n) is 8.09. The van der Waals surface area contributed by atoms with E-state index in [1.807, 2.05) is 48.5 Å². The third-order valence-electron chi connectivity index (χ3n) is 3.59. The molecule has 1 heterocycles. The van der Waals surface area contributed by atoms with Crippen LogP contribution in [0.4, 0.5) is 0 Å². The van der Waals surface area contributed by atoms with Crippen LogP contribution in [0, 0.1) is 0 Å². The summed E-state index contributed by atoms with van der Waals surface area (Å²) in [5.41, 5.74) is 1.93. The van der Waals surface area contributed by atoms with Gasteiger partial charge in [0.15, 0.2) is 11.5 Å². The molecule has 0 aliphatic heterocycles. The summed E-state index contributed by atoms with van der Waals surface area (Å²) in [6, 6.07) is 16.1. The number of nitrogens with zero attached hydrogens (tertiary/aromatic N) is 4. The topological polar surface area (TPSA) is 74.1 Å². The molecule has 138 valence electrons. The zero-order valence-electron chi connectivity index (χ0n) is 14.9. The lowest BCUT2D eigenvalue weighted by atomic mass is 10.2.